The minimum Gasteiger partial charge on any atom is -0.466 e. The Morgan fingerprint density at radius 2 is 1.92 bits per heavy atom. The number of rotatable bonds is 5. The fourth-order valence-corrected chi connectivity index (χ4v) is 5.16. The van der Waals surface area contributed by atoms with Gasteiger partial charge in [0.05, 0.1) is 35.2 Å². The molecule has 3 aromatic heterocycles. The van der Waals surface area contributed by atoms with Gasteiger partial charge in [-0.2, -0.15) is 5.10 Å². The van der Waals surface area contributed by atoms with Gasteiger partial charge < -0.3 is 19.5 Å². The fourth-order valence-electron chi connectivity index (χ4n) is 5.16. The van der Waals surface area contributed by atoms with Gasteiger partial charge in [-0.1, -0.05) is 0 Å². The van der Waals surface area contributed by atoms with Gasteiger partial charge in [-0.3, -0.25) is 9.58 Å². The molecule has 1 aliphatic heterocycles. The van der Waals surface area contributed by atoms with Crippen LogP contribution < -0.4 is 9.64 Å². The van der Waals surface area contributed by atoms with Crippen molar-refractivity contribution in [2.45, 2.75) is 32.9 Å². The molecule has 0 aliphatic carbocycles. The standard InChI is InChI=1S/C26H30N6O4/c1-15-11-31(12-16(2)32(15)26(33)34)20-8-18-6-7-22(28-25(18)27-10-20)21-9-19-13-30(4)29-23(19)17(3)24(21)36-14-35-5/h6-10,13,15-16H,11-12,14H2,1-5H3,(H,33,34)/t15-,16+. The van der Waals surface area contributed by atoms with Crippen LogP contribution in [0.15, 0.2) is 36.7 Å². The highest BCUT2D eigenvalue weighted by molar-refractivity contribution is 5.92. The van der Waals surface area contributed by atoms with E-state index in [-0.39, 0.29) is 18.9 Å². The maximum absolute atomic E-state index is 11.6. The number of amides is 1. The molecule has 10 heteroatoms. The van der Waals surface area contributed by atoms with E-state index in [2.05, 4.69) is 21.0 Å². The van der Waals surface area contributed by atoms with Crippen LogP contribution in [0.3, 0.4) is 0 Å². The predicted molar refractivity (Wildman–Crippen MR) is 137 cm³/mol. The number of anilines is 1. The molecule has 1 aliphatic rings. The quantitative estimate of drug-likeness (QED) is 0.418. The number of piperazine rings is 1. The average Bonchev–Trinajstić information content (AvgIpc) is 3.22. The van der Waals surface area contributed by atoms with Crippen molar-refractivity contribution >= 4 is 33.7 Å². The number of hydrogen-bond acceptors (Lipinski definition) is 7. The Kier molecular flexibility index (Phi) is 6.13. The molecule has 1 saturated heterocycles. The minimum atomic E-state index is -0.878. The first-order valence-corrected chi connectivity index (χ1v) is 11.9. The molecule has 0 saturated carbocycles. The summed E-state index contributed by atoms with van der Waals surface area (Å²) in [6, 6.07) is 7.85. The second kappa shape index (κ2) is 9.27. The molecule has 0 radical (unpaired) electrons. The number of nitrogens with zero attached hydrogens (tertiary/aromatic N) is 6. The van der Waals surface area contributed by atoms with Crippen molar-refractivity contribution in [3.8, 4) is 17.0 Å². The number of pyridine rings is 2. The molecule has 36 heavy (non-hydrogen) atoms. The van der Waals surface area contributed by atoms with Crippen molar-refractivity contribution in [3.05, 3.63) is 42.2 Å². The van der Waals surface area contributed by atoms with Gasteiger partial charge in [-0.05, 0) is 45.0 Å². The third-order valence-electron chi connectivity index (χ3n) is 6.73. The summed E-state index contributed by atoms with van der Waals surface area (Å²) in [7, 11) is 3.49. The van der Waals surface area contributed by atoms with Crippen LogP contribution in [0.25, 0.3) is 33.2 Å². The van der Waals surface area contributed by atoms with Crippen LogP contribution in [-0.4, -0.2) is 74.9 Å². The third kappa shape index (κ3) is 4.17. The van der Waals surface area contributed by atoms with Crippen LogP contribution in [-0.2, 0) is 11.8 Å². The summed E-state index contributed by atoms with van der Waals surface area (Å²) >= 11 is 0. The van der Waals surface area contributed by atoms with Gasteiger partial charge in [0.15, 0.2) is 12.4 Å². The average molecular weight is 491 g/mol. The first-order valence-electron chi connectivity index (χ1n) is 11.9. The van der Waals surface area contributed by atoms with E-state index >= 15 is 0 Å². The molecule has 1 N–H and O–H groups in total. The molecule has 1 amide bonds. The van der Waals surface area contributed by atoms with E-state index in [4.69, 9.17) is 14.5 Å². The highest BCUT2D eigenvalue weighted by Crippen LogP contribution is 2.38. The number of carbonyl (C=O) groups is 1. The number of fused-ring (bicyclic) bond motifs is 2. The number of aryl methyl sites for hydroxylation is 2. The van der Waals surface area contributed by atoms with Crippen molar-refractivity contribution < 1.29 is 19.4 Å². The Balaban J connectivity index is 1.51. The van der Waals surface area contributed by atoms with Gasteiger partial charge in [0.1, 0.15) is 5.75 Å². The van der Waals surface area contributed by atoms with Gasteiger partial charge >= 0.3 is 6.09 Å². The summed E-state index contributed by atoms with van der Waals surface area (Å²) < 4.78 is 12.9. The van der Waals surface area contributed by atoms with Gasteiger partial charge in [0.25, 0.3) is 0 Å². The van der Waals surface area contributed by atoms with Crippen molar-refractivity contribution in [2.75, 3.05) is 31.9 Å². The highest BCUT2D eigenvalue weighted by Gasteiger charge is 2.33. The van der Waals surface area contributed by atoms with E-state index < -0.39 is 6.09 Å². The minimum absolute atomic E-state index is 0.112. The lowest BCUT2D eigenvalue weighted by atomic mass is 10.0. The smallest absolute Gasteiger partial charge is 0.407 e. The van der Waals surface area contributed by atoms with Gasteiger partial charge in [-0.15, -0.1) is 0 Å². The second-order valence-electron chi connectivity index (χ2n) is 9.40. The molecule has 4 aromatic rings. The first kappa shape index (κ1) is 23.8. The summed E-state index contributed by atoms with van der Waals surface area (Å²) in [5, 5.41) is 16.0. The zero-order chi connectivity index (χ0) is 25.6. The summed E-state index contributed by atoms with van der Waals surface area (Å²) in [6.07, 6.45) is 2.91. The van der Waals surface area contributed by atoms with Crippen LogP contribution >= 0.6 is 0 Å². The monoisotopic (exact) mass is 490 g/mol. The molecule has 188 valence electrons. The van der Waals surface area contributed by atoms with E-state index in [1.54, 1.807) is 11.8 Å². The number of hydrogen-bond donors (Lipinski definition) is 1. The van der Waals surface area contributed by atoms with Crippen LogP contribution in [0.2, 0.25) is 0 Å². The van der Waals surface area contributed by atoms with Crippen LogP contribution in [0.1, 0.15) is 19.4 Å². The Morgan fingerprint density at radius 3 is 2.61 bits per heavy atom. The van der Waals surface area contributed by atoms with E-state index in [1.165, 1.54) is 4.90 Å². The van der Waals surface area contributed by atoms with Gasteiger partial charge in [0.2, 0.25) is 0 Å². The lowest BCUT2D eigenvalue weighted by molar-refractivity contribution is 0.0511. The Bertz CT molecular complexity index is 1440. The number of ether oxygens (including phenoxy) is 2. The number of aromatic nitrogens is 4. The Morgan fingerprint density at radius 1 is 1.17 bits per heavy atom. The lowest BCUT2D eigenvalue weighted by Crippen LogP contribution is -2.58. The number of carboxylic acid groups (broad SMARTS) is 1. The van der Waals surface area contributed by atoms with E-state index in [0.29, 0.717) is 24.5 Å². The summed E-state index contributed by atoms with van der Waals surface area (Å²) in [4.78, 5) is 24.8. The summed E-state index contributed by atoms with van der Waals surface area (Å²) in [5.74, 6) is 0.686. The first-order chi connectivity index (χ1) is 17.3. The van der Waals surface area contributed by atoms with Crippen LogP contribution in [0, 0.1) is 6.92 Å². The molecular formula is C26H30N6O4. The summed E-state index contributed by atoms with van der Waals surface area (Å²) in [6.45, 7) is 7.20. The molecule has 0 spiro atoms. The maximum Gasteiger partial charge on any atom is 0.407 e. The third-order valence-corrected chi connectivity index (χ3v) is 6.73. The van der Waals surface area contributed by atoms with E-state index in [0.717, 1.165) is 38.8 Å². The second-order valence-corrected chi connectivity index (χ2v) is 9.40. The van der Waals surface area contributed by atoms with Crippen molar-refractivity contribution in [3.63, 3.8) is 0 Å². The summed E-state index contributed by atoms with van der Waals surface area (Å²) in [5.41, 5.74) is 4.99. The Hall–Kier alpha value is -3.92. The molecule has 10 nitrogen and oxygen atoms in total. The molecule has 0 bridgehead atoms. The molecule has 5 rings (SSSR count). The Labute approximate surface area is 209 Å². The van der Waals surface area contributed by atoms with Crippen LogP contribution in [0.4, 0.5) is 10.5 Å². The molecule has 4 heterocycles. The van der Waals surface area contributed by atoms with Crippen molar-refractivity contribution in [1.82, 2.24) is 24.6 Å². The fraction of sp³-hybridized carbons (Fsp3) is 0.385. The predicted octanol–water partition coefficient (Wildman–Crippen LogP) is 4.05. The molecule has 1 aromatic carbocycles. The lowest BCUT2D eigenvalue weighted by Gasteiger charge is -2.43. The number of methoxy groups -OCH3 is 1. The zero-order valence-electron chi connectivity index (χ0n) is 21.1. The normalized spacial score (nSPS) is 18.2. The molecular weight excluding hydrogens is 460 g/mol. The molecule has 2 atom stereocenters. The number of benzene rings is 1. The van der Waals surface area contributed by atoms with Crippen LogP contribution in [0.5, 0.6) is 5.75 Å². The van der Waals surface area contributed by atoms with Gasteiger partial charge in [-0.25, -0.2) is 14.8 Å². The maximum atomic E-state index is 11.6. The highest BCUT2D eigenvalue weighted by atomic mass is 16.7. The topological polar surface area (TPSA) is 106 Å². The van der Waals surface area contributed by atoms with Crippen molar-refractivity contribution in [1.29, 1.82) is 0 Å². The molecule has 0 unspecified atom stereocenters. The SMILES string of the molecule is COCOc1c(-c2ccc3cc(N4C[C@@H](C)N(C(=O)O)[C@@H](C)C4)cnc3n2)cc2cn(C)nc2c1C. The van der Waals surface area contributed by atoms with Crippen molar-refractivity contribution in [2.24, 2.45) is 7.05 Å². The van der Waals surface area contributed by atoms with E-state index in [1.807, 2.05) is 58.4 Å². The largest absolute Gasteiger partial charge is 0.466 e. The van der Waals surface area contributed by atoms with Gasteiger partial charge in [0, 0.05) is 55.3 Å². The van der Waals surface area contributed by atoms with E-state index in [9.17, 15) is 9.90 Å². The molecule has 1 fully saturated rings. The zero-order valence-corrected chi connectivity index (χ0v) is 21.1.